The number of rotatable bonds is 4. The van der Waals surface area contributed by atoms with Crippen LogP contribution in [0.5, 0.6) is 0 Å². The molecule has 5 heterocycles. The zero-order valence-electron chi connectivity index (χ0n) is 21.4. The molecule has 6 nitrogen and oxygen atoms in total. The van der Waals surface area contributed by atoms with Crippen LogP contribution < -0.4 is 5.32 Å². The summed E-state index contributed by atoms with van der Waals surface area (Å²) in [5.41, 5.74) is 3.52. The first-order valence-electron chi connectivity index (χ1n) is 13.0. The third kappa shape index (κ3) is 4.11. The van der Waals surface area contributed by atoms with E-state index < -0.39 is 12.2 Å². The number of nitrogens with zero attached hydrogens (tertiary/aromatic N) is 4. The third-order valence-electron chi connectivity index (χ3n) is 8.02. The van der Waals surface area contributed by atoms with E-state index >= 15 is 0 Å². The van der Waals surface area contributed by atoms with Crippen molar-refractivity contribution in [1.29, 1.82) is 0 Å². The highest BCUT2D eigenvalue weighted by atomic mass is 32.1. The minimum absolute atomic E-state index is 0.108. The highest BCUT2D eigenvalue weighted by molar-refractivity contribution is 7.19. The summed E-state index contributed by atoms with van der Waals surface area (Å²) in [4.78, 5) is 26.1. The SMILES string of the molecule is Cc1cc(C#C[C@@]23C[C@@H]2CN(C)C3)cc(C(=O)NC(c2cc3ccccc3s2)c2ncn3c2C[C@@H](F)C3)n1. The number of pyridine rings is 1. The van der Waals surface area contributed by atoms with E-state index in [4.69, 9.17) is 0 Å². The number of alkyl halides is 1. The lowest BCUT2D eigenvalue weighted by molar-refractivity contribution is 0.0937. The number of halogens is 1. The summed E-state index contributed by atoms with van der Waals surface area (Å²) in [6, 6.07) is 13.4. The number of aryl methyl sites for hydroxylation is 1. The molecule has 7 rings (SSSR count). The summed E-state index contributed by atoms with van der Waals surface area (Å²) in [7, 11) is 2.14. The Morgan fingerprint density at radius 2 is 2.13 bits per heavy atom. The smallest absolute Gasteiger partial charge is 0.270 e. The van der Waals surface area contributed by atoms with Gasteiger partial charge in [0.15, 0.2) is 0 Å². The summed E-state index contributed by atoms with van der Waals surface area (Å²) in [5, 5.41) is 4.29. The molecule has 3 aliphatic rings. The molecule has 4 atom stereocenters. The molecule has 0 radical (unpaired) electrons. The van der Waals surface area contributed by atoms with Gasteiger partial charge in [0.2, 0.25) is 0 Å². The molecule has 1 aromatic carbocycles. The van der Waals surface area contributed by atoms with Gasteiger partial charge in [0.05, 0.1) is 18.6 Å². The summed E-state index contributed by atoms with van der Waals surface area (Å²) < 4.78 is 17.2. The van der Waals surface area contributed by atoms with Gasteiger partial charge in [0.1, 0.15) is 17.9 Å². The normalized spacial score (nSPS) is 24.5. The van der Waals surface area contributed by atoms with Gasteiger partial charge in [-0.15, -0.1) is 11.3 Å². The van der Waals surface area contributed by atoms with Crippen LogP contribution in [0, 0.1) is 30.1 Å². The van der Waals surface area contributed by atoms with Crippen molar-refractivity contribution >= 4 is 27.3 Å². The predicted molar refractivity (Wildman–Crippen MR) is 146 cm³/mol. The van der Waals surface area contributed by atoms with Gasteiger partial charge in [0.25, 0.3) is 5.91 Å². The number of hydrogen-bond acceptors (Lipinski definition) is 5. The van der Waals surface area contributed by atoms with Gasteiger partial charge in [-0.2, -0.15) is 0 Å². The zero-order valence-corrected chi connectivity index (χ0v) is 22.2. The summed E-state index contributed by atoms with van der Waals surface area (Å²) in [6.45, 7) is 4.30. The first-order valence-corrected chi connectivity index (χ1v) is 13.9. The summed E-state index contributed by atoms with van der Waals surface area (Å²) in [6.07, 6.45) is 2.20. The molecule has 1 aliphatic carbocycles. The van der Waals surface area contributed by atoms with Gasteiger partial charge in [-0.25, -0.2) is 14.4 Å². The molecule has 1 N–H and O–H groups in total. The number of imidazole rings is 1. The number of thiophene rings is 1. The predicted octanol–water partition coefficient (Wildman–Crippen LogP) is 4.52. The van der Waals surface area contributed by atoms with Crippen molar-refractivity contribution in [3.63, 3.8) is 0 Å². The van der Waals surface area contributed by atoms with Crippen molar-refractivity contribution in [2.75, 3.05) is 20.1 Å². The topological polar surface area (TPSA) is 63.1 Å². The van der Waals surface area contributed by atoms with Crippen LogP contribution in [0.15, 0.2) is 48.8 Å². The van der Waals surface area contributed by atoms with Crippen LogP contribution in [0.2, 0.25) is 0 Å². The molecular formula is C30H28FN5OS. The second-order valence-corrected chi connectivity index (χ2v) is 12.1. The Kier molecular flexibility index (Phi) is 5.43. The van der Waals surface area contributed by atoms with Crippen molar-refractivity contribution in [3.05, 3.63) is 82.0 Å². The standard InChI is InChI=1S/C30H28FN5OS/c1-18-9-19(7-8-30-13-21(30)14-35(2)16-30)10-23(33-18)29(37)34-28(26-11-20-5-3-4-6-25(20)38-26)27-24-12-22(31)15-36(24)17-32-27/h3-6,9-11,17,21-22,28H,12-16H2,1-2H3,(H,34,37)/t21-,22-,28?,30+/m1/s1. The fourth-order valence-corrected chi connectivity index (χ4v) is 7.26. The molecule has 192 valence electrons. The first kappa shape index (κ1) is 23.6. The van der Waals surface area contributed by atoms with E-state index in [0.717, 1.165) is 51.4 Å². The molecule has 8 heteroatoms. The maximum Gasteiger partial charge on any atom is 0.270 e. The molecule has 38 heavy (non-hydrogen) atoms. The molecule has 1 saturated heterocycles. The van der Waals surface area contributed by atoms with Crippen LogP contribution >= 0.6 is 11.3 Å². The van der Waals surface area contributed by atoms with E-state index in [-0.39, 0.29) is 11.3 Å². The van der Waals surface area contributed by atoms with Crippen molar-refractivity contribution in [2.24, 2.45) is 11.3 Å². The fraction of sp³-hybridized carbons (Fsp3) is 0.367. The molecule has 0 bridgehead atoms. The van der Waals surface area contributed by atoms with Crippen LogP contribution in [0.1, 0.15) is 50.5 Å². The van der Waals surface area contributed by atoms with Crippen molar-refractivity contribution in [1.82, 2.24) is 24.8 Å². The van der Waals surface area contributed by atoms with E-state index in [1.54, 1.807) is 23.7 Å². The molecule has 4 aromatic rings. The molecule has 3 aromatic heterocycles. The molecule has 1 unspecified atom stereocenters. The Bertz CT molecular complexity index is 1610. The van der Waals surface area contributed by atoms with Gasteiger partial charge in [-0.05, 0) is 56.0 Å². The average molecular weight is 526 g/mol. The molecule has 0 spiro atoms. The molecule has 2 fully saturated rings. The zero-order chi connectivity index (χ0) is 26.0. The van der Waals surface area contributed by atoms with Crippen LogP contribution in [0.3, 0.4) is 0 Å². The number of amides is 1. The van der Waals surface area contributed by atoms with E-state index in [1.807, 2.05) is 29.7 Å². The largest absolute Gasteiger partial charge is 0.337 e. The molecule has 1 amide bonds. The number of carbonyl (C=O) groups is 1. The number of likely N-dealkylation sites (tertiary alicyclic amines) is 1. The number of fused-ring (bicyclic) bond motifs is 3. The second-order valence-electron chi connectivity index (χ2n) is 11.0. The van der Waals surface area contributed by atoms with Crippen molar-refractivity contribution in [2.45, 2.75) is 38.5 Å². The van der Waals surface area contributed by atoms with Crippen molar-refractivity contribution in [3.8, 4) is 11.8 Å². The Morgan fingerprint density at radius 1 is 1.26 bits per heavy atom. The average Bonchev–Trinajstić information content (AvgIpc) is 3.33. The third-order valence-corrected chi connectivity index (χ3v) is 9.21. The highest BCUT2D eigenvalue weighted by Gasteiger charge is 2.58. The Labute approximate surface area is 224 Å². The summed E-state index contributed by atoms with van der Waals surface area (Å²) in [5.74, 6) is 7.22. The van der Waals surface area contributed by atoms with Crippen LogP contribution in [-0.2, 0) is 13.0 Å². The van der Waals surface area contributed by atoms with Crippen LogP contribution in [0.25, 0.3) is 10.1 Å². The van der Waals surface area contributed by atoms with Crippen molar-refractivity contribution < 1.29 is 9.18 Å². The Balaban J connectivity index is 1.21. The quantitative estimate of drug-likeness (QED) is 0.398. The minimum atomic E-state index is -0.935. The summed E-state index contributed by atoms with van der Waals surface area (Å²) >= 11 is 1.62. The highest BCUT2D eigenvalue weighted by Crippen LogP contribution is 2.56. The molecular weight excluding hydrogens is 497 g/mol. The number of piperidine rings is 1. The van der Waals surface area contributed by atoms with Gasteiger partial charge in [-0.1, -0.05) is 30.0 Å². The maximum atomic E-state index is 14.3. The number of aromatic nitrogens is 3. The minimum Gasteiger partial charge on any atom is -0.337 e. The number of carbonyl (C=O) groups excluding carboxylic acids is 1. The number of benzene rings is 1. The van der Waals surface area contributed by atoms with Gasteiger partial charge < -0.3 is 14.8 Å². The monoisotopic (exact) mass is 525 g/mol. The fourth-order valence-electron chi connectivity index (χ4n) is 6.14. The Hall–Kier alpha value is -3.54. The lowest BCUT2D eigenvalue weighted by atomic mass is 10.1. The van der Waals surface area contributed by atoms with E-state index in [2.05, 4.69) is 57.3 Å². The van der Waals surface area contributed by atoms with E-state index in [0.29, 0.717) is 30.3 Å². The molecule has 1 saturated carbocycles. The Morgan fingerprint density at radius 3 is 2.95 bits per heavy atom. The van der Waals surface area contributed by atoms with Gasteiger partial charge in [-0.3, -0.25) is 4.79 Å². The molecule has 2 aliphatic heterocycles. The first-order chi connectivity index (χ1) is 18.4. The lowest BCUT2D eigenvalue weighted by Gasteiger charge is -2.17. The number of hydrogen-bond donors (Lipinski definition) is 1. The maximum absolute atomic E-state index is 14.3. The van der Waals surface area contributed by atoms with Crippen LogP contribution in [0.4, 0.5) is 4.39 Å². The number of nitrogens with one attached hydrogen (secondary N) is 1. The van der Waals surface area contributed by atoms with E-state index in [1.165, 1.54) is 0 Å². The van der Waals surface area contributed by atoms with Crippen LogP contribution in [-0.4, -0.2) is 51.7 Å². The van der Waals surface area contributed by atoms with Gasteiger partial charge in [0, 0.05) is 51.5 Å². The van der Waals surface area contributed by atoms with E-state index in [9.17, 15) is 9.18 Å². The lowest BCUT2D eigenvalue weighted by Crippen LogP contribution is -2.30. The second kappa shape index (κ2) is 8.75. The van der Waals surface area contributed by atoms with Gasteiger partial charge >= 0.3 is 0 Å².